The number of amides is 1. The fraction of sp³-hybridized carbons (Fsp3) is 0.231. The van der Waals surface area contributed by atoms with Crippen molar-refractivity contribution in [3.63, 3.8) is 0 Å². The Morgan fingerprint density at radius 2 is 2.19 bits per heavy atom. The van der Waals surface area contributed by atoms with Gasteiger partial charge in [-0.3, -0.25) is 4.79 Å². The zero-order valence-electron chi connectivity index (χ0n) is 11.2. The molecule has 0 saturated carbocycles. The van der Waals surface area contributed by atoms with E-state index in [1.54, 1.807) is 18.4 Å². The summed E-state index contributed by atoms with van der Waals surface area (Å²) in [5, 5.41) is 13.8. The van der Waals surface area contributed by atoms with Gasteiger partial charge in [0.25, 0.3) is 5.91 Å². The van der Waals surface area contributed by atoms with E-state index in [1.165, 1.54) is 23.6 Å². The number of carboxylic acids is 1. The van der Waals surface area contributed by atoms with Crippen LogP contribution < -0.4 is 11.1 Å². The fourth-order valence-corrected chi connectivity index (χ4v) is 2.29. The largest absolute Gasteiger partial charge is 0.477 e. The fourth-order valence-electron chi connectivity index (χ4n) is 1.53. The Hall–Kier alpha value is -2.32. The molecule has 0 aliphatic carbocycles. The number of nitrogens with zero attached hydrogens (tertiary/aromatic N) is 2. The van der Waals surface area contributed by atoms with E-state index in [4.69, 9.17) is 10.8 Å². The third-order valence-electron chi connectivity index (χ3n) is 2.64. The van der Waals surface area contributed by atoms with Gasteiger partial charge in [-0.05, 0) is 18.6 Å². The standard InChI is InChI=1S/C13H14N4O3S/c1-7(14)12-17-10(6-21-12)11(18)16-5-8-2-3-9(13(19)20)15-4-8/h2-4,6-7H,5,14H2,1H3,(H,16,18)(H,19,20). The van der Waals surface area contributed by atoms with Gasteiger partial charge in [-0.25, -0.2) is 14.8 Å². The Morgan fingerprint density at radius 1 is 1.43 bits per heavy atom. The van der Waals surface area contributed by atoms with Gasteiger partial charge in [-0.1, -0.05) is 6.07 Å². The molecule has 0 aromatic carbocycles. The second-order valence-corrected chi connectivity index (χ2v) is 5.29. The van der Waals surface area contributed by atoms with Gasteiger partial charge in [-0.2, -0.15) is 0 Å². The van der Waals surface area contributed by atoms with Crippen molar-refractivity contribution < 1.29 is 14.7 Å². The monoisotopic (exact) mass is 306 g/mol. The van der Waals surface area contributed by atoms with E-state index in [2.05, 4.69) is 15.3 Å². The molecular weight excluding hydrogens is 292 g/mol. The number of nitrogens with one attached hydrogen (secondary N) is 1. The van der Waals surface area contributed by atoms with Crippen molar-refractivity contribution in [3.05, 3.63) is 45.7 Å². The SMILES string of the molecule is CC(N)c1nc(C(=O)NCc2ccc(C(=O)O)nc2)cs1. The van der Waals surface area contributed by atoms with Gasteiger partial charge in [0.1, 0.15) is 16.4 Å². The number of hydrogen-bond donors (Lipinski definition) is 3. The summed E-state index contributed by atoms with van der Waals surface area (Å²) < 4.78 is 0. The number of aromatic nitrogens is 2. The highest BCUT2D eigenvalue weighted by Gasteiger charge is 2.12. The van der Waals surface area contributed by atoms with Crippen LogP contribution in [-0.4, -0.2) is 27.0 Å². The summed E-state index contributed by atoms with van der Waals surface area (Å²) in [7, 11) is 0. The Labute approximate surface area is 124 Å². The molecule has 110 valence electrons. The topological polar surface area (TPSA) is 118 Å². The molecule has 8 heteroatoms. The molecule has 0 bridgehead atoms. The van der Waals surface area contributed by atoms with Crippen LogP contribution in [-0.2, 0) is 6.54 Å². The van der Waals surface area contributed by atoms with Gasteiger partial charge in [-0.15, -0.1) is 11.3 Å². The van der Waals surface area contributed by atoms with E-state index in [9.17, 15) is 9.59 Å². The average Bonchev–Trinajstić information content (AvgIpc) is 2.95. The molecule has 2 aromatic heterocycles. The van der Waals surface area contributed by atoms with Gasteiger partial charge in [0.2, 0.25) is 0 Å². The lowest BCUT2D eigenvalue weighted by atomic mass is 10.2. The minimum absolute atomic E-state index is 0.0360. The highest BCUT2D eigenvalue weighted by atomic mass is 32.1. The highest BCUT2D eigenvalue weighted by molar-refractivity contribution is 7.09. The molecule has 2 heterocycles. The molecule has 1 unspecified atom stereocenters. The summed E-state index contributed by atoms with van der Waals surface area (Å²) in [6.07, 6.45) is 1.41. The maximum atomic E-state index is 11.9. The molecule has 21 heavy (non-hydrogen) atoms. The van der Waals surface area contributed by atoms with E-state index in [-0.39, 0.29) is 24.2 Å². The van der Waals surface area contributed by atoms with Gasteiger partial charge in [0, 0.05) is 18.1 Å². The molecule has 0 radical (unpaired) electrons. The number of aromatic carboxylic acids is 1. The van der Waals surface area contributed by atoms with Gasteiger partial charge >= 0.3 is 5.97 Å². The van der Waals surface area contributed by atoms with Crippen molar-refractivity contribution in [1.82, 2.24) is 15.3 Å². The molecule has 4 N–H and O–H groups in total. The first kappa shape index (κ1) is 15.1. The van der Waals surface area contributed by atoms with Gasteiger partial charge in [0.05, 0.1) is 6.04 Å². The van der Waals surface area contributed by atoms with Crippen molar-refractivity contribution >= 4 is 23.2 Å². The number of nitrogens with two attached hydrogens (primary N) is 1. The lowest BCUT2D eigenvalue weighted by molar-refractivity contribution is 0.0690. The van der Waals surface area contributed by atoms with Crippen molar-refractivity contribution in [2.75, 3.05) is 0 Å². The second kappa shape index (κ2) is 6.42. The minimum atomic E-state index is -1.09. The number of carbonyl (C=O) groups excluding carboxylic acids is 1. The summed E-state index contributed by atoms with van der Waals surface area (Å²) in [4.78, 5) is 30.5. The van der Waals surface area contributed by atoms with E-state index in [0.717, 1.165) is 0 Å². The van der Waals surface area contributed by atoms with Gasteiger partial charge < -0.3 is 16.2 Å². The van der Waals surface area contributed by atoms with Crippen LogP contribution >= 0.6 is 11.3 Å². The van der Waals surface area contributed by atoms with Crippen molar-refractivity contribution in [2.45, 2.75) is 19.5 Å². The van der Waals surface area contributed by atoms with Crippen LogP contribution in [0.15, 0.2) is 23.7 Å². The Kier molecular flexibility index (Phi) is 4.61. The quantitative estimate of drug-likeness (QED) is 0.763. The summed E-state index contributed by atoms with van der Waals surface area (Å²) in [6.45, 7) is 2.05. The van der Waals surface area contributed by atoms with Crippen molar-refractivity contribution in [1.29, 1.82) is 0 Å². The molecule has 7 nitrogen and oxygen atoms in total. The van der Waals surface area contributed by atoms with Crippen LogP contribution in [0.5, 0.6) is 0 Å². The molecule has 2 aromatic rings. The summed E-state index contributed by atoms with van der Waals surface area (Å²) in [5.74, 6) is -1.39. The smallest absolute Gasteiger partial charge is 0.354 e. The van der Waals surface area contributed by atoms with E-state index in [0.29, 0.717) is 16.3 Å². The summed E-state index contributed by atoms with van der Waals surface area (Å²) in [6, 6.07) is 2.79. The lowest BCUT2D eigenvalue weighted by Crippen LogP contribution is -2.23. The molecular formula is C13H14N4O3S. The number of hydrogen-bond acceptors (Lipinski definition) is 6. The average molecular weight is 306 g/mol. The number of rotatable bonds is 5. The normalized spacial score (nSPS) is 11.9. The van der Waals surface area contributed by atoms with E-state index >= 15 is 0 Å². The molecule has 0 spiro atoms. The predicted molar refractivity (Wildman–Crippen MR) is 77.1 cm³/mol. The third-order valence-corrected chi connectivity index (χ3v) is 3.69. The number of carboxylic acid groups (broad SMARTS) is 1. The van der Waals surface area contributed by atoms with Crippen LogP contribution in [0, 0.1) is 0 Å². The zero-order chi connectivity index (χ0) is 15.4. The van der Waals surface area contributed by atoms with E-state index < -0.39 is 5.97 Å². The second-order valence-electron chi connectivity index (χ2n) is 4.40. The third kappa shape index (κ3) is 3.83. The highest BCUT2D eigenvalue weighted by Crippen LogP contribution is 2.15. The van der Waals surface area contributed by atoms with Crippen molar-refractivity contribution in [2.24, 2.45) is 5.73 Å². The van der Waals surface area contributed by atoms with Crippen LogP contribution in [0.2, 0.25) is 0 Å². The Balaban J connectivity index is 1.95. The molecule has 1 amide bonds. The van der Waals surface area contributed by atoms with Crippen LogP contribution in [0.25, 0.3) is 0 Å². The Bertz CT molecular complexity index is 652. The maximum absolute atomic E-state index is 11.9. The van der Waals surface area contributed by atoms with Gasteiger partial charge in [0.15, 0.2) is 0 Å². The predicted octanol–water partition coefficient (Wildman–Crippen LogP) is 1.19. The summed E-state index contributed by atoms with van der Waals surface area (Å²) >= 11 is 1.34. The van der Waals surface area contributed by atoms with Crippen LogP contribution in [0.1, 0.15) is 44.5 Å². The first-order valence-electron chi connectivity index (χ1n) is 6.15. The van der Waals surface area contributed by atoms with Crippen LogP contribution in [0.4, 0.5) is 0 Å². The lowest BCUT2D eigenvalue weighted by Gasteiger charge is -2.03. The first-order chi connectivity index (χ1) is 9.97. The van der Waals surface area contributed by atoms with Crippen molar-refractivity contribution in [3.8, 4) is 0 Å². The molecule has 0 fully saturated rings. The minimum Gasteiger partial charge on any atom is -0.477 e. The molecule has 0 saturated heterocycles. The van der Waals surface area contributed by atoms with Crippen LogP contribution in [0.3, 0.4) is 0 Å². The summed E-state index contributed by atoms with van der Waals surface area (Å²) in [5.41, 5.74) is 6.68. The Morgan fingerprint density at radius 3 is 2.71 bits per heavy atom. The number of thiazole rings is 1. The number of pyridine rings is 1. The first-order valence-corrected chi connectivity index (χ1v) is 7.02. The maximum Gasteiger partial charge on any atom is 0.354 e. The zero-order valence-corrected chi connectivity index (χ0v) is 12.1. The number of carbonyl (C=O) groups is 2. The molecule has 1 atom stereocenters. The molecule has 0 aliphatic rings. The molecule has 0 aliphatic heterocycles. The molecule has 2 rings (SSSR count). The van der Waals surface area contributed by atoms with E-state index in [1.807, 2.05) is 0 Å².